The molecule has 1 amide bonds. The number of benzene rings is 1. The molecule has 0 aromatic heterocycles. The SMILES string of the molecule is Cl.O=C(CCSc1ccc(Cl)cc1)N[C@H]1CCCNC1. The van der Waals surface area contributed by atoms with E-state index in [1.807, 2.05) is 24.3 Å². The molecule has 20 heavy (non-hydrogen) atoms. The van der Waals surface area contributed by atoms with Gasteiger partial charge in [-0.1, -0.05) is 11.6 Å². The number of amides is 1. The van der Waals surface area contributed by atoms with Crippen LogP contribution in [0.4, 0.5) is 0 Å². The molecule has 0 radical (unpaired) electrons. The van der Waals surface area contributed by atoms with Gasteiger partial charge in [-0.05, 0) is 43.7 Å². The summed E-state index contributed by atoms with van der Waals surface area (Å²) in [6.45, 7) is 1.97. The van der Waals surface area contributed by atoms with Crippen LogP contribution in [-0.4, -0.2) is 30.8 Å². The molecule has 0 unspecified atom stereocenters. The zero-order valence-electron chi connectivity index (χ0n) is 11.2. The molecule has 2 N–H and O–H groups in total. The number of piperidine rings is 1. The average molecular weight is 335 g/mol. The molecule has 1 aromatic carbocycles. The van der Waals surface area contributed by atoms with Gasteiger partial charge in [0.2, 0.25) is 5.91 Å². The molecule has 1 aromatic rings. The van der Waals surface area contributed by atoms with Gasteiger partial charge in [0.15, 0.2) is 0 Å². The van der Waals surface area contributed by atoms with Crippen LogP contribution in [0, 0.1) is 0 Å². The van der Waals surface area contributed by atoms with E-state index in [9.17, 15) is 4.79 Å². The first-order chi connectivity index (χ1) is 9.24. The van der Waals surface area contributed by atoms with Crippen LogP contribution in [0.5, 0.6) is 0 Å². The third kappa shape index (κ3) is 6.35. The van der Waals surface area contributed by atoms with Crippen molar-refractivity contribution in [3.05, 3.63) is 29.3 Å². The van der Waals surface area contributed by atoms with E-state index in [2.05, 4.69) is 10.6 Å². The summed E-state index contributed by atoms with van der Waals surface area (Å²) in [4.78, 5) is 12.9. The predicted octanol–water partition coefficient (Wildman–Crippen LogP) is 3.11. The van der Waals surface area contributed by atoms with E-state index in [0.717, 1.165) is 41.6 Å². The zero-order valence-corrected chi connectivity index (χ0v) is 13.6. The summed E-state index contributed by atoms with van der Waals surface area (Å²) < 4.78 is 0. The highest BCUT2D eigenvalue weighted by Crippen LogP contribution is 2.20. The molecule has 1 saturated heterocycles. The van der Waals surface area contributed by atoms with Crippen molar-refractivity contribution in [2.24, 2.45) is 0 Å². The van der Waals surface area contributed by atoms with Crippen molar-refractivity contribution in [1.29, 1.82) is 0 Å². The van der Waals surface area contributed by atoms with Gasteiger partial charge in [-0.3, -0.25) is 4.79 Å². The van der Waals surface area contributed by atoms with Gasteiger partial charge in [0.25, 0.3) is 0 Å². The molecular formula is C14H20Cl2N2OS. The van der Waals surface area contributed by atoms with E-state index in [1.54, 1.807) is 11.8 Å². The number of thioether (sulfide) groups is 1. The maximum absolute atomic E-state index is 11.8. The second-order valence-electron chi connectivity index (χ2n) is 4.66. The van der Waals surface area contributed by atoms with Crippen molar-refractivity contribution in [1.82, 2.24) is 10.6 Å². The maximum atomic E-state index is 11.8. The van der Waals surface area contributed by atoms with Crippen molar-refractivity contribution < 1.29 is 4.79 Å². The van der Waals surface area contributed by atoms with Crippen LogP contribution in [-0.2, 0) is 4.79 Å². The lowest BCUT2D eigenvalue weighted by Crippen LogP contribution is -2.45. The standard InChI is InChI=1S/C14H19ClN2OS.ClH/c15-11-3-5-13(6-4-11)19-9-7-14(18)17-12-2-1-8-16-10-12;/h3-6,12,16H,1-2,7-10H2,(H,17,18);1H/t12-;/m0./s1. The predicted molar refractivity (Wildman–Crippen MR) is 88.1 cm³/mol. The van der Waals surface area contributed by atoms with E-state index in [4.69, 9.17) is 11.6 Å². The molecule has 6 heteroatoms. The van der Waals surface area contributed by atoms with E-state index < -0.39 is 0 Å². The molecular weight excluding hydrogens is 315 g/mol. The van der Waals surface area contributed by atoms with E-state index in [0.29, 0.717) is 12.5 Å². The minimum atomic E-state index is 0. The summed E-state index contributed by atoms with van der Waals surface area (Å²) in [7, 11) is 0. The highest BCUT2D eigenvalue weighted by molar-refractivity contribution is 7.99. The van der Waals surface area contributed by atoms with Crippen molar-refractivity contribution in [3.8, 4) is 0 Å². The Labute approximate surface area is 135 Å². The summed E-state index contributed by atoms with van der Waals surface area (Å²) in [5.41, 5.74) is 0. The molecule has 1 aliphatic rings. The summed E-state index contributed by atoms with van der Waals surface area (Å²) in [6.07, 6.45) is 2.79. The van der Waals surface area contributed by atoms with E-state index in [1.165, 1.54) is 0 Å². The fourth-order valence-corrected chi connectivity index (χ4v) is 3.04. The molecule has 2 rings (SSSR count). The van der Waals surface area contributed by atoms with E-state index in [-0.39, 0.29) is 18.3 Å². The molecule has 112 valence electrons. The Morgan fingerprint density at radius 1 is 1.40 bits per heavy atom. The van der Waals surface area contributed by atoms with E-state index >= 15 is 0 Å². The monoisotopic (exact) mass is 334 g/mol. The van der Waals surface area contributed by atoms with Crippen molar-refractivity contribution in [3.63, 3.8) is 0 Å². The fraction of sp³-hybridized carbons (Fsp3) is 0.500. The quantitative estimate of drug-likeness (QED) is 0.813. The second-order valence-corrected chi connectivity index (χ2v) is 6.27. The minimum Gasteiger partial charge on any atom is -0.352 e. The summed E-state index contributed by atoms with van der Waals surface area (Å²) in [5, 5.41) is 7.12. The Bertz CT molecular complexity index is 408. The van der Waals surface area contributed by atoms with Crippen LogP contribution in [0.2, 0.25) is 5.02 Å². The van der Waals surface area contributed by atoms with Gasteiger partial charge in [-0.2, -0.15) is 0 Å². The van der Waals surface area contributed by atoms with Crippen LogP contribution in [0.25, 0.3) is 0 Å². The topological polar surface area (TPSA) is 41.1 Å². The largest absolute Gasteiger partial charge is 0.352 e. The summed E-state index contributed by atoms with van der Waals surface area (Å²) in [5.74, 6) is 0.948. The van der Waals surface area contributed by atoms with Gasteiger partial charge >= 0.3 is 0 Å². The zero-order chi connectivity index (χ0) is 13.5. The van der Waals surface area contributed by atoms with Gasteiger partial charge in [-0.25, -0.2) is 0 Å². The summed E-state index contributed by atoms with van der Waals surface area (Å²) in [6, 6.07) is 8.02. The molecule has 0 aliphatic carbocycles. The average Bonchev–Trinajstić information content (AvgIpc) is 2.42. The van der Waals surface area contributed by atoms with Crippen molar-refractivity contribution in [2.75, 3.05) is 18.8 Å². The maximum Gasteiger partial charge on any atom is 0.221 e. The Morgan fingerprint density at radius 2 is 2.15 bits per heavy atom. The Hall–Kier alpha value is -0.420. The second kappa shape index (κ2) is 9.50. The fourth-order valence-electron chi connectivity index (χ4n) is 2.07. The first kappa shape index (κ1) is 17.6. The summed E-state index contributed by atoms with van der Waals surface area (Å²) >= 11 is 7.51. The Morgan fingerprint density at radius 3 is 2.80 bits per heavy atom. The highest BCUT2D eigenvalue weighted by Gasteiger charge is 2.14. The number of carbonyl (C=O) groups excluding carboxylic acids is 1. The minimum absolute atomic E-state index is 0. The number of rotatable bonds is 5. The van der Waals surface area contributed by atoms with Crippen LogP contribution < -0.4 is 10.6 Å². The number of hydrogen-bond donors (Lipinski definition) is 2. The number of halogens is 2. The van der Waals surface area contributed by atoms with Crippen LogP contribution in [0.3, 0.4) is 0 Å². The Balaban J connectivity index is 0.00000200. The van der Waals surface area contributed by atoms with Crippen molar-refractivity contribution >= 4 is 41.7 Å². The van der Waals surface area contributed by atoms with Crippen LogP contribution in [0.15, 0.2) is 29.2 Å². The lowest BCUT2D eigenvalue weighted by atomic mass is 10.1. The van der Waals surface area contributed by atoms with Gasteiger partial charge in [-0.15, -0.1) is 24.2 Å². The lowest BCUT2D eigenvalue weighted by Gasteiger charge is -2.23. The van der Waals surface area contributed by atoms with Gasteiger partial charge < -0.3 is 10.6 Å². The van der Waals surface area contributed by atoms with Crippen LogP contribution >= 0.6 is 35.8 Å². The number of hydrogen-bond acceptors (Lipinski definition) is 3. The molecule has 1 atom stereocenters. The molecule has 3 nitrogen and oxygen atoms in total. The van der Waals surface area contributed by atoms with Crippen LogP contribution in [0.1, 0.15) is 19.3 Å². The molecule has 1 fully saturated rings. The van der Waals surface area contributed by atoms with Gasteiger partial charge in [0.05, 0.1) is 0 Å². The molecule has 1 heterocycles. The third-order valence-corrected chi connectivity index (χ3v) is 4.34. The smallest absolute Gasteiger partial charge is 0.221 e. The lowest BCUT2D eigenvalue weighted by molar-refractivity contribution is -0.121. The molecule has 0 saturated carbocycles. The Kier molecular flexibility index (Phi) is 8.38. The highest BCUT2D eigenvalue weighted by atomic mass is 35.5. The third-order valence-electron chi connectivity index (χ3n) is 3.07. The number of nitrogens with one attached hydrogen (secondary N) is 2. The normalized spacial score (nSPS) is 18.1. The molecule has 0 bridgehead atoms. The van der Waals surface area contributed by atoms with Gasteiger partial charge in [0.1, 0.15) is 0 Å². The van der Waals surface area contributed by atoms with Crippen molar-refractivity contribution in [2.45, 2.75) is 30.2 Å². The first-order valence-electron chi connectivity index (χ1n) is 6.62. The molecule has 1 aliphatic heterocycles. The van der Waals surface area contributed by atoms with Gasteiger partial charge in [0, 0.05) is 34.7 Å². The first-order valence-corrected chi connectivity index (χ1v) is 7.99. The number of carbonyl (C=O) groups is 1. The molecule has 0 spiro atoms.